The normalized spacial score (nSPS) is 13.2. The van der Waals surface area contributed by atoms with Crippen LogP contribution in [-0.4, -0.2) is 44.3 Å². The van der Waals surface area contributed by atoms with Crippen molar-refractivity contribution >= 4 is 18.2 Å². The number of esters is 1. The van der Waals surface area contributed by atoms with E-state index in [0.717, 1.165) is 0 Å². The Morgan fingerprint density at radius 1 is 1.44 bits per heavy atom. The zero-order valence-corrected chi connectivity index (χ0v) is 11.3. The van der Waals surface area contributed by atoms with Crippen molar-refractivity contribution in [3.05, 3.63) is 24.3 Å². The molecule has 0 saturated carbocycles. The summed E-state index contributed by atoms with van der Waals surface area (Å²) in [5.41, 5.74) is 0.668. The molecular formula is C13H20N2O3. The van der Waals surface area contributed by atoms with Crippen LogP contribution in [0.4, 0.5) is 0 Å². The van der Waals surface area contributed by atoms with E-state index in [9.17, 15) is 9.59 Å². The monoisotopic (exact) mass is 252 g/mol. The lowest BCUT2D eigenvalue weighted by Gasteiger charge is -2.13. The molecule has 0 spiro atoms. The van der Waals surface area contributed by atoms with Gasteiger partial charge in [-0.05, 0) is 12.5 Å². The van der Waals surface area contributed by atoms with Gasteiger partial charge in [0.2, 0.25) is 0 Å². The van der Waals surface area contributed by atoms with Crippen LogP contribution in [0.1, 0.15) is 13.3 Å². The molecule has 0 aromatic heterocycles. The van der Waals surface area contributed by atoms with Crippen LogP contribution in [0, 0.1) is 5.92 Å². The Morgan fingerprint density at radius 3 is 2.44 bits per heavy atom. The number of rotatable bonds is 6. The van der Waals surface area contributed by atoms with Gasteiger partial charge in [0.15, 0.2) is 0 Å². The Labute approximate surface area is 108 Å². The second kappa shape index (κ2) is 8.22. The number of amides is 1. The molecule has 0 N–H and O–H groups in total. The molecule has 18 heavy (non-hydrogen) atoms. The van der Waals surface area contributed by atoms with Gasteiger partial charge in [0.25, 0.3) is 5.91 Å². The third kappa shape index (κ3) is 5.43. The molecule has 1 unspecified atom stereocenters. The van der Waals surface area contributed by atoms with Gasteiger partial charge in [-0.15, -0.1) is 0 Å². The lowest BCUT2D eigenvalue weighted by Crippen LogP contribution is -2.21. The van der Waals surface area contributed by atoms with Gasteiger partial charge in [-0.25, -0.2) is 4.99 Å². The van der Waals surface area contributed by atoms with E-state index >= 15 is 0 Å². The largest absolute Gasteiger partial charge is 0.469 e. The SMILES string of the molecule is C=C/C(=C\C)C(CC(=O)OC)C(=O)N=CN(C)C. The summed E-state index contributed by atoms with van der Waals surface area (Å²) in [6, 6.07) is 0. The minimum atomic E-state index is -0.642. The molecule has 5 heteroatoms. The molecule has 0 saturated heterocycles. The van der Waals surface area contributed by atoms with Crippen LogP contribution in [0.5, 0.6) is 0 Å². The fourth-order valence-electron chi connectivity index (χ4n) is 1.32. The van der Waals surface area contributed by atoms with E-state index in [1.165, 1.54) is 13.4 Å². The first-order valence-corrected chi connectivity index (χ1v) is 5.56. The quantitative estimate of drug-likeness (QED) is 0.310. The van der Waals surface area contributed by atoms with Crippen molar-refractivity contribution in [2.24, 2.45) is 10.9 Å². The third-order valence-electron chi connectivity index (χ3n) is 2.28. The smallest absolute Gasteiger partial charge is 0.306 e. The number of ether oxygens (including phenoxy) is 1. The van der Waals surface area contributed by atoms with Gasteiger partial charge in [-0.2, -0.15) is 0 Å². The molecule has 100 valence electrons. The van der Waals surface area contributed by atoms with Crippen LogP contribution in [0.3, 0.4) is 0 Å². The highest BCUT2D eigenvalue weighted by Gasteiger charge is 2.24. The van der Waals surface area contributed by atoms with Crippen molar-refractivity contribution in [3.63, 3.8) is 0 Å². The summed E-state index contributed by atoms with van der Waals surface area (Å²) in [4.78, 5) is 28.7. The molecule has 0 heterocycles. The number of hydrogen-bond donors (Lipinski definition) is 0. The van der Waals surface area contributed by atoms with E-state index in [2.05, 4.69) is 16.3 Å². The summed E-state index contributed by atoms with van der Waals surface area (Å²) >= 11 is 0. The highest BCUT2D eigenvalue weighted by Crippen LogP contribution is 2.19. The van der Waals surface area contributed by atoms with Crippen LogP contribution in [0.25, 0.3) is 0 Å². The molecule has 1 amide bonds. The van der Waals surface area contributed by atoms with E-state index < -0.39 is 11.9 Å². The van der Waals surface area contributed by atoms with Gasteiger partial charge >= 0.3 is 5.97 Å². The molecule has 0 fully saturated rings. The van der Waals surface area contributed by atoms with Crippen molar-refractivity contribution in [1.29, 1.82) is 0 Å². The van der Waals surface area contributed by atoms with Crippen LogP contribution in [-0.2, 0) is 14.3 Å². The first-order valence-electron chi connectivity index (χ1n) is 5.56. The topological polar surface area (TPSA) is 59.0 Å². The second-order valence-electron chi connectivity index (χ2n) is 3.87. The average Bonchev–Trinajstić information content (AvgIpc) is 2.35. The van der Waals surface area contributed by atoms with E-state index in [1.807, 2.05) is 0 Å². The van der Waals surface area contributed by atoms with Crippen molar-refractivity contribution in [1.82, 2.24) is 4.90 Å². The summed E-state index contributed by atoms with van der Waals surface area (Å²) in [7, 11) is 4.81. The third-order valence-corrected chi connectivity index (χ3v) is 2.28. The standard InChI is InChI=1S/C13H20N2O3/c1-6-10(7-2)11(8-12(16)18-5)13(17)14-9-15(3)4/h6-7,9,11H,1,8H2,2-5H3/b10-7+,14-9?. The molecular weight excluding hydrogens is 232 g/mol. The molecule has 0 bridgehead atoms. The number of methoxy groups -OCH3 is 1. The van der Waals surface area contributed by atoms with Crippen LogP contribution in [0.2, 0.25) is 0 Å². The summed E-state index contributed by atoms with van der Waals surface area (Å²) in [6.45, 7) is 5.41. The summed E-state index contributed by atoms with van der Waals surface area (Å²) < 4.78 is 4.58. The first kappa shape index (κ1) is 16.1. The Bertz CT molecular complexity index is 370. The van der Waals surface area contributed by atoms with Gasteiger partial charge in [0.05, 0.1) is 25.8 Å². The molecule has 0 aromatic carbocycles. The number of aliphatic imine (C=N–C) groups is 1. The van der Waals surface area contributed by atoms with Crippen molar-refractivity contribution in [2.75, 3.05) is 21.2 Å². The molecule has 5 nitrogen and oxygen atoms in total. The highest BCUT2D eigenvalue weighted by atomic mass is 16.5. The highest BCUT2D eigenvalue weighted by molar-refractivity contribution is 5.91. The lowest BCUT2D eigenvalue weighted by atomic mass is 9.94. The predicted molar refractivity (Wildman–Crippen MR) is 71.3 cm³/mol. The van der Waals surface area contributed by atoms with Gasteiger partial charge in [-0.3, -0.25) is 9.59 Å². The minimum absolute atomic E-state index is 0.0359. The van der Waals surface area contributed by atoms with Crippen molar-refractivity contribution < 1.29 is 14.3 Å². The van der Waals surface area contributed by atoms with Gasteiger partial charge in [0, 0.05) is 14.1 Å². The average molecular weight is 252 g/mol. The molecule has 0 rings (SSSR count). The molecule has 0 aliphatic rings. The number of allylic oxidation sites excluding steroid dienone is 2. The molecule has 0 radical (unpaired) electrons. The predicted octanol–water partition coefficient (Wildman–Crippen LogP) is 1.41. The number of carbonyl (C=O) groups is 2. The maximum Gasteiger partial charge on any atom is 0.306 e. The summed E-state index contributed by atoms with van der Waals surface area (Å²) in [5, 5.41) is 0. The van der Waals surface area contributed by atoms with Gasteiger partial charge in [0.1, 0.15) is 0 Å². The molecule has 0 aliphatic heterocycles. The number of hydrogen-bond acceptors (Lipinski definition) is 3. The van der Waals surface area contributed by atoms with E-state index in [4.69, 9.17) is 0 Å². The maximum atomic E-state index is 11.9. The molecule has 1 atom stereocenters. The number of nitrogens with zero attached hydrogens (tertiary/aromatic N) is 2. The zero-order chi connectivity index (χ0) is 14.1. The Morgan fingerprint density at radius 2 is 2.06 bits per heavy atom. The minimum Gasteiger partial charge on any atom is -0.469 e. The molecule has 0 aliphatic carbocycles. The summed E-state index contributed by atoms with van der Waals surface area (Å²) in [5.74, 6) is -1.48. The first-order chi connectivity index (χ1) is 8.46. The van der Waals surface area contributed by atoms with Crippen molar-refractivity contribution in [2.45, 2.75) is 13.3 Å². The fourth-order valence-corrected chi connectivity index (χ4v) is 1.32. The number of carbonyl (C=O) groups excluding carboxylic acids is 2. The zero-order valence-electron chi connectivity index (χ0n) is 11.3. The Hall–Kier alpha value is -1.91. The van der Waals surface area contributed by atoms with Gasteiger partial charge in [-0.1, -0.05) is 18.7 Å². The van der Waals surface area contributed by atoms with E-state index in [-0.39, 0.29) is 12.3 Å². The maximum absolute atomic E-state index is 11.9. The van der Waals surface area contributed by atoms with Crippen molar-refractivity contribution in [3.8, 4) is 0 Å². The van der Waals surface area contributed by atoms with Crippen LogP contribution < -0.4 is 0 Å². The fraction of sp³-hybridized carbons (Fsp3) is 0.462. The van der Waals surface area contributed by atoms with E-state index in [0.29, 0.717) is 5.57 Å². The Balaban J connectivity index is 5.03. The van der Waals surface area contributed by atoms with Crippen LogP contribution >= 0.6 is 0 Å². The lowest BCUT2D eigenvalue weighted by molar-refractivity contribution is -0.143. The molecule has 0 aromatic rings. The Kier molecular flexibility index (Phi) is 7.35. The second-order valence-corrected chi connectivity index (χ2v) is 3.87. The van der Waals surface area contributed by atoms with Crippen LogP contribution in [0.15, 0.2) is 29.3 Å². The van der Waals surface area contributed by atoms with Gasteiger partial charge < -0.3 is 9.64 Å². The van der Waals surface area contributed by atoms with E-state index in [1.54, 1.807) is 38.1 Å². The summed E-state index contributed by atoms with van der Waals surface area (Å²) in [6.07, 6.45) is 4.66.